The maximum absolute atomic E-state index is 13.4. The molecule has 0 spiro atoms. The zero-order valence-corrected chi connectivity index (χ0v) is 19.1. The molecule has 1 atom stereocenters. The van der Waals surface area contributed by atoms with Gasteiger partial charge in [-0.2, -0.15) is 4.31 Å². The van der Waals surface area contributed by atoms with Crippen molar-refractivity contribution in [2.24, 2.45) is 0 Å². The molecule has 0 aromatic heterocycles. The SMILES string of the molecule is COc1ccccc1NC(=O)CC1Nc2ccccc2N(S(=O)(=O)c2ccc(Cl)cc2)C1=O. The van der Waals surface area contributed by atoms with Crippen LogP contribution in [0.4, 0.5) is 17.1 Å². The van der Waals surface area contributed by atoms with E-state index in [1.165, 1.54) is 37.4 Å². The summed E-state index contributed by atoms with van der Waals surface area (Å²) in [5.74, 6) is -0.779. The van der Waals surface area contributed by atoms with Crippen molar-refractivity contribution in [1.29, 1.82) is 0 Å². The Morgan fingerprint density at radius 1 is 1.06 bits per heavy atom. The number of ether oxygens (including phenoxy) is 1. The predicted molar refractivity (Wildman–Crippen MR) is 126 cm³/mol. The molecule has 1 heterocycles. The third-order valence-electron chi connectivity index (χ3n) is 5.07. The molecule has 3 aromatic carbocycles. The Bertz CT molecular complexity index is 1310. The first-order chi connectivity index (χ1) is 15.8. The van der Waals surface area contributed by atoms with E-state index in [4.69, 9.17) is 16.3 Å². The lowest BCUT2D eigenvalue weighted by Crippen LogP contribution is -2.51. The number of amides is 2. The molecular weight excluding hydrogens is 466 g/mol. The summed E-state index contributed by atoms with van der Waals surface area (Å²) in [5, 5.41) is 6.06. The van der Waals surface area contributed by atoms with Crippen LogP contribution in [-0.2, 0) is 19.6 Å². The molecule has 3 aromatic rings. The zero-order chi connectivity index (χ0) is 23.6. The molecule has 33 heavy (non-hydrogen) atoms. The van der Waals surface area contributed by atoms with Gasteiger partial charge in [-0.1, -0.05) is 35.9 Å². The lowest BCUT2D eigenvalue weighted by atomic mass is 10.1. The number of para-hydroxylation sites is 4. The highest BCUT2D eigenvalue weighted by Crippen LogP contribution is 2.36. The topological polar surface area (TPSA) is 105 Å². The van der Waals surface area contributed by atoms with Gasteiger partial charge < -0.3 is 15.4 Å². The molecule has 0 saturated carbocycles. The van der Waals surface area contributed by atoms with Gasteiger partial charge in [0.2, 0.25) is 5.91 Å². The number of benzene rings is 3. The van der Waals surface area contributed by atoms with Gasteiger partial charge in [0.25, 0.3) is 15.9 Å². The van der Waals surface area contributed by atoms with Crippen molar-refractivity contribution < 1.29 is 22.7 Å². The molecule has 170 valence electrons. The first kappa shape index (κ1) is 22.6. The molecular formula is C23H20ClN3O5S. The number of halogens is 1. The monoisotopic (exact) mass is 485 g/mol. The Balaban J connectivity index is 1.64. The van der Waals surface area contributed by atoms with Crippen LogP contribution in [0, 0.1) is 0 Å². The Labute approximate surface area is 196 Å². The smallest absolute Gasteiger partial charge is 0.271 e. The minimum Gasteiger partial charge on any atom is -0.495 e. The number of nitrogens with zero attached hydrogens (tertiary/aromatic N) is 1. The summed E-state index contributed by atoms with van der Waals surface area (Å²) in [6.07, 6.45) is -0.294. The van der Waals surface area contributed by atoms with Gasteiger partial charge in [0, 0.05) is 5.02 Å². The second kappa shape index (κ2) is 9.13. The number of nitrogens with one attached hydrogen (secondary N) is 2. The number of hydrogen-bond acceptors (Lipinski definition) is 6. The van der Waals surface area contributed by atoms with Crippen LogP contribution >= 0.6 is 11.6 Å². The zero-order valence-electron chi connectivity index (χ0n) is 17.5. The average Bonchev–Trinajstić information content (AvgIpc) is 2.80. The number of fused-ring (bicyclic) bond motifs is 1. The Morgan fingerprint density at radius 3 is 2.45 bits per heavy atom. The van der Waals surface area contributed by atoms with Gasteiger partial charge in [0.05, 0.1) is 35.5 Å². The summed E-state index contributed by atoms with van der Waals surface area (Å²) in [5.41, 5.74) is 1.04. The van der Waals surface area contributed by atoms with Gasteiger partial charge in [-0.3, -0.25) is 9.59 Å². The van der Waals surface area contributed by atoms with Crippen molar-refractivity contribution in [3.8, 4) is 5.75 Å². The van der Waals surface area contributed by atoms with Crippen LogP contribution in [0.25, 0.3) is 0 Å². The number of carbonyl (C=O) groups excluding carboxylic acids is 2. The lowest BCUT2D eigenvalue weighted by Gasteiger charge is -2.34. The quantitative estimate of drug-likeness (QED) is 0.548. The Kier molecular flexibility index (Phi) is 6.26. The van der Waals surface area contributed by atoms with Crippen molar-refractivity contribution >= 4 is 50.5 Å². The molecule has 1 aliphatic heterocycles. The van der Waals surface area contributed by atoms with E-state index in [0.717, 1.165) is 4.31 Å². The fraction of sp³-hybridized carbons (Fsp3) is 0.130. The minimum absolute atomic E-state index is 0.0887. The summed E-state index contributed by atoms with van der Waals surface area (Å²) < 4.78 is 32.8. The number of hydrogen-bond donors (Lipinski definition) is 2. The molecule has 0 aliphatic carbocycles. The first-order valence-corrected chi connectivity index (χ1v) is 11.8. The number of rotatable bonds is 6. The second-order valence-corrected chi connectivity index (χ2v) is 9.45. The van der Waals surface area contributed by atoms with Crippen molar-refractivity contribution in [2.75, 3.05) is 22.0 Å². The molecule has 2 N–H and O–H groups in total. The van der Waals surface area contributed by atoms with Crippen molar-refractivity contribution in [1.82, 2.24) is 0 Å². The molecule has 0 bridgehead atoms. The summed E-state index contributed by atoms with van der Waals surface area (Å²) in [7, 11) is -2.77. The van der Waals surface area contributed by atoms with Crippen molar-refractivity contribution in [3.05, 3.63) is 77.8 Å². The van der Waals surface area contributed by atoms with Gasteiger partial charge in [0.15, 0.2) is 0 Å². The molecule has 0 radical (unpaired) electrons. The fourth-order valence-corrected chi connectivity index (χ4v) is 5.11. The van der Waals surface area contributed by atoms with Crippen LogP contribution in [-0.4, -0.2) is 33.4 Å². The van der Waals surface area contributed by atoms with Crippen LogP contribution < -0.4 is 19.7 Å². The van der Waals surface area contributed by atoms with Gasteiger partial charge in [-0.05, 0) is 48.5 Å². The van der Waals surface area contributed by atoms with Gasteiger partial charge in [0.1, 0.15) is 11.8 Å². The molecule has 10 heteroatoms. The summed E-state index contributed by atoms with van der Waals surface area (Å²) in [6.45, 7) is 0. The number of methoxy groups -OCH3 is 1. The molecule has 1 aliphatic rings. The highest BCUT2D eigenvalue weighted by Gasteiger charge is 2.41. The standard InChI is InChI=1S/C23H20ClN3O5S/c1-32-21-9-5-3-7-18(21)26-22(28)14-19-23(29)27(20-8-4-2-6-17(20)25-19)33(30,31)16-12-10-15(24)11-13-16/h2-13,19,25H,14H2,1H3,(H,26,28). The molecule has 0 saturated heterocycles. The van der Waals surface area contributed by atoms with Gasteiger partial charge in [-0.15, -0.1) is 0 Å². The van der Waals surface area contributed by atoms with E-state index in [2.05, 4.69) is 10.6 Å². The van der Waals surface area contributed by atoms with E-state index in [0.29, 0.717) is 22.1 Å². The van der Waals surface area contributed by atoms with Crippen molar-refractivity contribution in [3.63, 3.8) is 0 Å². The number of anilines is 3. The van der Waals surface area contributed by atoms with E-state index in [1.54, 1.807) is 42.5 Å². The largest absolute Gasteiger partial charge is 0.495 e. The third-order valence-corrected chi connectivity index (χ3v) is 7.05. The maximum Gasteiger partial charge on any atom is 0.271 e. The third kappa shape index (κ3) is 4.50. The highest BCUT2D eigenvalue weighted by molar-refractivity contribution is 7.93. The maximum atomic E-state index is 13.4. The predicted octanol–water partition coefficient (Wildman–Crippen LogP) is 3.89. The van der Waals surface area contributed by atoms with Crippen LogP contribution in [0.15, 0.2) is 77.7 Å². The molecule has 0 fully saturated rings. The van der Waals surface area contributed by atoms with Gasteiger partial charge in [-0.25, -0.2) is 8.42 Å². The molecule has 1 unspecified atom stereocenters. The number of sulfonamides is 1. The lowest BCUT2D eigenvalue weighted by molar-refractivity contribution is -0.122. The Hall–Kier alpha value is -3.56. The average molecular weight is 486 g/mol. The summed E-state index contributed by atoms with van der Waals surface area (Å²) in [6, 6.07) is 17.8. The van der Waals surface area contributed by atoms with E-state index >= 15 is 0 Å². The second-order valence-electron chi connectivity index (χ2n) is 7.23. The first-order valence-electron chi connectivity index (χ1n) is 9.94. The van der Waals surface area contributed by atoms with E-state index in [9.17, 15) is 18.0 Å². The van der Waals surface area contributed by atoms with Crippen molar-refractivity contribution in [2.45, 2.75) is 17.4 Å². The van der Waals surface area contributed by atoms with E-state index in [-0.39, 0.29) is 17.0 Å². The molecule has 4 rings (SSSR count). The number of carbonyl (C=O) groups is 2. The Morgan fingerprint density at radius 2 is 1.73 bits per heavy atom. The molecule has 2 amide bonds. The van der Waals surface area contributed by atoms with Crippen LogP contribution in [0.1, 0.15) is 6.42 Å². The van der Waals surface area contributed by atoms with E-state index in [1.807, 2.05) is 0 Å². The van der Waals surface area contributed by atoms with Crippen LogP contribution in [0.5, 0.6) is 5.75 Å². The summed E-state index contributed by atoms with van der Waals surface area (Å²) >= 11 is 5.89. The minimum atomic E-state index is -4.25. The van der Waals surface area contributed by atoms with E-state index < -0.39 is 27.9 Å². The van der Waals surface area contributed by atoms with Crippen LogP contribution in [0.2, 0.25) is 5.02 Å². The highest BCUT2D eigenvalue weighted by atomic mass is 35.5. The van der Waals surface area contributed by atoms with Gasteiger partial charge >= 0.3 is 0 Å². The fourth-order valence-electron chi connectivity index (χ4n) is 3.52. The molecule has 8 nitrogen and oxygen atoms in total. The normalized spacial score (nSPS) is 15.4. The van der Waals surface area contributed by atoms with Crippen LogP contribution in [0.3, 0.4) is 0 Å². The summed E-state index contributed by atoms with van der Waals surface area (Å²) in [4.78, 5) is 26.0.